The van der Waals surface area contributed by atoms with Crippen LogP contribution in [0.25, 0.3) is 10.8 Å². The molecular formula is C15H19N3. The van der Waals surface area contributed by atoms with Crippen LogP contribution in [-0.2, 0) is 0 Å². The number of benzene rings is 2. The van der Waals surface area contributed by atoms with Crippen LogP contribution in [-0.4, -0.2) is 13.1 Å². The zero-order chi connectivity index (χ0) is 12.4. The lowest BCUT2D eigenvalue weighted by Gasteiger charge is -2.25. The zero-order valence-corrected chi connectivity index (χ0v) is 10.5. The van der Waals surface area contributed by atoms with Gasteiger partial charge in [-0.05, 0) is 25.0 Å². The van der Waals surface area contributed by atoms with Crippen molar-refractivity contribution in [2.75, 3.05) is 23.8 Å². The van der Waals surface area contributed by atoms with Crippen molar-refractivity contribution in [2.45, 2.75) is 19.3 Å². The average molecular weight is 241 g/mol. The molecule has 3 nitrogen and oxygen atoms in total. The Labute approximate surface area is 108 Å². The summed E-state index contributed by atoms with van der Waals surface area (Å²) in [6.45, 7) is 2.12. The van der Waals surface area contributed by atoms with Gasteiger partial charge in [-0.1, -0.05) is 30.7 Å². The van der Waals surface area contributed by atoms with E-state index in [4.69, 9.17) is 5.73 Å². The molecule has 3 heteroatoms. The topological polar surface area (TPSA) is 41.3 Å². The van der Waals surface area contributed by atoms with Crippen LogP contribution in [0.3, 0.4) is 0 Å². The van der Waals surface area contributed by atoms with E-state index < -0.39 is 0 Å². The van der Waals surface area contributed by atoms with Crippen molar-refractivity contribution in [3.63, 3.8) is 0 Å². The maximum absolute atomic E-state index is 6.05. The summed E-state index contributed by atoms with van der Waals surface area (Å²) in [7, 11) is 0. The number of anilines is 2. The highest BCUT2D eigenvalue weighted by Crippen LogP contribution is 2.30. The van der Waals surface area contributed by atoms with E-state index >= 15 is 0 Å². The van der Waals surface area contributed by atoms with Gasteiger partial charge < -0.3 is 10.7 Å². The van der Waals surface area contributed by atoms with Gasteiger partial charge in [0.05, 0.1) is 5.69 Å². The minimum atomic E-state index is 0.851. The van der Waals surface area contributed by atoms with E-state index in [-0.39, 0.29) is 0 Å². The van der Waals surface area contributed by atoms with Gasteiger partial charge in [-0.3, -0.25) is 0 Å². The van der Waals surface area contributed by atoms with Gasteiger partial charge in [0.15, 0.2) is 0 Å². The van der Waals surface area contributed by atoms with E-state index in [2.05, 4.69) is 34.7 Å². The Bertz CT molecular complexity index is 542. The van der Waals surface area contributed by atoms with Gasteiger partial charge in [0.1, 0.15) is 0 Å². The van der Waals surface area contributed by atoms with E-state index in [1.165, 1.54) is 30.3 Å². The van der Waals surface area contributed by atoms with Crippen molar-refractivity contribution >= 4 is 22.1 Å². The van der Waals surface area contributed by atoms with Crippen LogP contribution in [0.4, 0.5) is 11.4 Å². The molecule has 0 aromatic heterocycles. The molecule has 0 saturated carbocycles. The standard InChI is InChI=1S/C15H19N3/c16-14-8-9-15(13-7-3-2-6-12(13)14)18-11-5-1-4-10-17-18/h2-3,6-9,17H,1,4-5,10-11,16H2. The normalized spacial score (nSPS) is 16.8. The van der Waals surface area contributed by atoms with Gasteiger partial charge in [-0.25, -0.2) is 5.43 Å². The summed E-state index contributed by atoms with van der Waals surface area (Å²) in [5.41, 5.74) is 11.6. The molecule has 2 aromatic rings. The molecular weight excluding hydrogens is 222 g/mol. The first-order valence-corrected chi connectivity index (χ1v) is 6.64. The van der Waals surface area contributed by atoms with Crippen molar-refractivity contribution in [1.82, 2.24) is 5.43 Å². The summed E-state index contributed by atoms with van der Waals surface area (Å²) in [4.78, 5) is 0. The molecule has 3 rings (SSSR count). The van der Waals surface area contributed by atoms with Crippen LogP contribution in [0.1, 0.15) is 19.3 Å². The minimum Gasteiger partial charge on any atom is -0.398 e. The highest BCUT2D eigenvalue weighted by Gasteiger charge is 2.12. The Hall–Kier alpha value is -1.74. The largest absolute Gasteiger partial charge is 0.398 e. The molecule has 18 heavy (non-hydrogen) atoms. The molecule has 0 amide bonds. The molecule has 94 valence electrons. The number of nitrogens with two attached hydrogens (primary N) is 1. The number of nitrogens with one attached hydrogen (secondary N) is 1. The second-order valence-electron chi connectivity index (χ2n) is 4.84. The van der Waals surface area contributed by atoms with Crippen molar-refractivity contribution in [1.29, 1.82) is 0 Å². The molecule has 1 fully saturated rings. The maximum atomic E-state index is 6.05. The van der Waals surface area contributed by atoms with Crippen molar-refractivity contribution in [2.24, 2.45) is 0 Å². The number of hydrazine groups is 1. The number of rotatable bonds is 1. The second-order valence-corrected chi connectivity index (χ2v) is 4.84. The maximum Gasteiger partial charge on any atom is 0.0599 e. The minimum absolute atomic E-state index is 0.851. The van der Waals surface area contributed by atoms with Crippen LogP contribution in [0.2, 0.25) is 0 Å². The fourth-order valence-corrected chi connectivity index (χ4v) is 2.61. The van der Waals surface area contributed by atoms with Crippen LogP contribution >= 0.6 is 0 Å². The molecule has 1 heterocycles. The highest BCUT2D eigenvalue weighted by atomic mass is 15.5. The van der Waals surface area contributed by atoms with E-state index in [1.807, 2.05) is 12.1 Å². The molecule has 0 bridgehead atoms. The SMILES string of the molecule is Nc1ccc(N2CCCCCN2)c2ccccc12. The smallest absolute Gasteiger partial charge is 0.0599 e. The molecule has 0 aliphatic carbocycles. The lowest BCUT2D eigenvalue weighted by molar-refractivity contribution is 0.663. The first-order chi connectivity index (χ1) is 8.86. The van der Waals surface area contributed by atoms with E-state index in [0.717, 1.165) is 24.2 Å². The Kier molecular flexibility index (Phi) is 3.07. The third kappa shape index (κ3) is 2.02. The van der Waals surface area contributed by atoms with Gasteiger partial charge in [-0.2, -0.15) is 0 Å². The van der Waals surface area contributed by atoms with Crippen LogP contribution < -0.4 is 16.2 Å². The van der Waals surface area contributed by atoms with Crippen LogP contribution in [0.5, 0.6) is 0 Å². The summed E-state index contributed by atoms with van der Waals surface area (Å²) >= 11 is 0. The monoisotopic (exact) mass is 241 g/mol. The number of nitrogens with zero attached hydrogens (tertiary/aromatic N) is 1. The average Bonchev–Trinajstić information content (AvgIpc) is 2.68. The van der Waals surface area contributed by atoms with Gasteiger partial charge in [0.2, 0.25) is 0 Å². The van der Waals surface area contributed by atoms with Gasteiger partial charge in [-0.15, -0.1) is 0 Å². The fraction of sp³-hybridized carbons (Fsp3) is 0.333. The molecule has 0 spiro atoms. The lowest BCUT2D eigenvalue weighted by Crippen LogP contribution is -2.37. The number of fused-ring (bicyclic) bond motifs is 1. The fourth-order valence-electron chi connectivity index (χ4n) is 2.61. The summed E-state index contributed by atoms with van der Waals surface area (Å²) in [6, 6.07) is 12.5. The number of nitrogen functional groups attached to an aromatic ring is 1. The van der Waals surface area contributed by atoms with E-state index in [0.29, 0.717) is 0 Å². The molecule has 1 aliphatic heterocycles. The third-order valence-corrected chi connectivity index (χ3v) is 3.59. The third-order valence-electron chi connectivity index (χ3n) is 3.59. The molecule has 1 aliphatic rings. The molecule has 0 radical (unpaired) electrons. The van der Waals surface area contributed by atoms with Crippen molar-refractivity contribution in [3.8, 4) is 0 Å². The predicted molar refractivity (Wildman–Crippen MR) is 77.6 cm³/mol. The Balaban J connectivity index is 2.08. The lowest BCUT2D eigenvalue weighted by atomic mass is 10.1. The Morgan fingerprint density at radius 2 is 1.78 bits per heavy atom. The molecule has 1 saturated heterocycles. The van der Waals surface area contributed by atoms with Crippen LogP contribution in [0, 0.1) is 0 Å². The van der Waals surface area contributed by atoms with Crippen molar-refractivity contribution < 1.29 is 0 Å². The first-order valence-electron chi connectivity index (χ1n) is 6.64. The predicted octanol–water partition coefficient (Wildman–Crippen LogP) is 2.92. The summed E-state index contributed by atoms with van der Waals surface area (Å²) in [5.74, 6) is 0. The number of hydrogen-bond donors (Lipinski definition) is 2. The second kappa shape index (κ2) is 4.86. The molecule has 0 unspecified atom stereocenters. The molecule has 2 aromatic carbocycles. The van der Waals surface area contributed by atoms with Gasteiger partial charge >= 0.3 is 0 Å². The van der Waals surface area contributed by atoms with Crippen molar-refractivity contribution in [3.05, 3.63) is 36.4 Å². The van der Waals surface area contributed by atoms with Gasteiger partial charge in [0.25, 0.3) is 0 Å². The highest BCUT2D eigenvalue weighted by molar-refractivity contribution is 6.01. The van der Waals surface area contributed by atoms with E-state index in [1.54, 1.807) is 0 Å². The van der Waals surface area contributed by atoms with Gasteiger partial charge in [0, 0.05) is 29.5 Å². The first kappa shape index (κ1) is 11.4. The summed E-state index contributed by atoms with van der Waals surface area (Å²) in [5, 5.41) is 4.64. The Morgan fingerprint density at radius 1 is 0.944 bits per heavy atom. The molecule has 3 N–H and O–H groups in total. The quantitative estimate of drug-likeness (QED) is 0.754. The number of hydrogen-bond acceptors (Lipinski definition) is 3. The zero-order valence-electron chi connectivity index (χ0n) is 10.5. The molecule has 0 atom stereocenters. The Morgan fingerprint density at radius 3 is 2.67 bits per heavy atom. The van der Waals surface area contributed by atoms with Crippen LogP contribution in [0.15, 0.2) is 36.4 Å². The van der Waals surface area contributed by atoms with E-state index in [9.17, 15) is 0 Å². The summed E-state index contributed by atoms with van der Waals surface area (Å²) in [6.07, 6.45) is 3.80. The summed E-state index contributed by atoms with van der Waals surface area (Å²) < 4.78 is 0.